The van der Waals surface area contributed by atoms with Gasteiger partial charge < -0.3 is 9.47 Å². The molecule has 0 aliphatic carbocycles. The van der Waals surface area contributed by atoms with Crippen molar-refractivity contribution in [2.45, 2.75) is 20.1 Å². The van der Waals surface area contributed by atoms with Crippen molar-refractivity contribution in [1.29, 1.82) is 0 Å². The topological polar surface area (TPSA) is 72.9 Å². The summed E-state index contributed by atoms with van der Waals surface area (Å²) < 4.78 is 11.3. The summed E-state index contributed by atoms with van der Waals surface area (Å²) in [5, 5.41) is 2.09. The normalized spacial score (nSPS) is 12.7. The predicted molar refractivity (Wildman–Crippen MR) is 131 cm³/mol. The summed E-state index contributed by atoms with van der Waals surface area (Å²) in [4.78, 5) is 39.8. The molecule has 0 saturated carbocycles. The van der Waals surface area contributed by atoms with E-state index in [0.717, 1.165) is 16.3 Å². The first-order valence-corrected chi connectivity index (χ1v) is 11.4. The van der Waals surface area contributed by atoms with Crippen LogP contribution < -0.4 is 4.74 Å². The van der Waals surface area contributed by atoms with Crippen LogP contribution in [0.5, 0.6) is 5.75 Å². The Morgan fingerprint density at radius 1 is 0.829 bits per heavy atom. The lowest BCUT2D eigenvalue weighted by molar-refractivity contribution is 0.0469. The molecule has 4 aromatic carbocycles. The number of esters is 1. The fraction of sp³-hybridized carbons (Fsp3) is 0.138. The number of imide groups is 1. The first-order chi connectivity index (χ1) is 17.1. The maximum absolute atomic E-state index is 13.1. The third-order valence-electron chi connectivity index (χ3n) is 6.02. The second kappa shape index (κ2) is 9.43. The van der Waals surface area contributed by atoms with E-state index in [1.165, 1.54) is 4.90 Å². The smallest absolute Gasteiger partial charge is 0.342 e. The number of rotatable bonds is 7. The van der Waals surface area contributed by atoms with Crippen LogP contribution >= 0.6 is 0 Å². The number of hydrogen-bond donors (Lipinski definition) is 0. The maximum Gasteiger partial charge on any atom is 0.342 e. The van der Waals surface area contributed by atoms with Crippen LogP contribution in [-0.2, 0) is 17.9 Å². The molecule has 1 heterocycles. The van der Waals surface area contributed by atoms with Crippen LogP contribution in [0.25, 0.3) is 10.8 Å². The van der Waals surface area contributed by atoms with Gasteiger partial charge in [-0.2, -0.15) is 0 Å². The zero-order valence-electron chi connectivity index (χ0n) is 19.2. The molecule has 0 aromatic heterocycles. The Bertz CT molecular complexity index is 1420. The highest BCUT2D eigenvalue weighted by Crippen LogP contribution is 2.27. The van der Waals surface area contributed by atoms with E-state index in [1.807, 2.05) is 49.4 Å². The molecule has 4 aromatic rings. The summed E-state index contributed by atoms with van der Waals surface area (Å²) in [5.41, 5.74) is 2.55. The summed E-state index contributed by atoms with van der Waals surface area (Å²) in [6.45, 7) is 2.36. The van der Waals surface area contributed by atoms with Gasteiger partial charge in [0.1, 0.15) is 17.9 Å². The molecule has 0 fully saturated rings. The van der Waals surface area contributed by atoms with Crippen molar-refractivity contribution in [3.05, 3.63) is 113 Å². The van der Waals surface area contributed by atoms with Crippen molar-refractivity contribution in [1.82, 2.24) is 4.90 Å². The van der Waals surface area contributed by atoms with Crippen LogP contribution in [0.3, 0.4) is 0 Å². The third kappa shape index (κ3) is 4.26. The monoisotopic (exact) mass is 465 g/mol. The van der Waals surface area contributed by atoms with Crippen LogP contribution in [0, 0.1) is 0 Å². The van der Waals surface area contributed by atoms with Crippen molar-refractivity contribution in [3.63, 3.8) is 0 Å². The molecule has 174 valence electrons. The third-order valence-corrected chi connectivity index (χ3v) is 6.02. The standard InChI is InChI=1S/C29H23NO5/c1-2-34-26-15-14-19(17-30-27(31)23-12-5-6-13-24(23)28(30)32)16-25(26)29(33)35-18-21-10-7-9-20-8-3-4-11-22(20)21/h3-16H,2,17-18H2,1H3. The average Bonchev–Trinajstić information content (AvgIpc) is 3.13. The highest BCUT2D eigenvalue weighted by Gasteiger charge is 2.35. The SMILES string of the molecule is CCOc1ccc(CN2C(=O)c3ccccc3C2=O)cc1C(=O)OCc1cccc2ccccc12. The molecule has 0 radical (unpaired) electrons. The Morgan fingerprint density at radius 2 is 1.51 bits per heavy atom. The van der Waals surface area contributed by atoms with Gasteiger partial charge >= 0.3 is 5.97 Å². The highest BCUT2D eigenvalue weighted by atomic mass is 16.5. The Kier molecular flexibility index (Phi) is 6.02. The van der Waals surface area contributed by atoms with Crippen molar-refractivity contribution >= 4 is 28.6 Å². The van der Waals surface area contributed by atoms with Gasteiger partial charge in [0.25, 0.3) is 11.8 Å². The summed E-state index contributed by atoms with van der Waals surface area (Å²) in [5.74, 6) is -0.841. The van der Waals surface area contributed by atoms with Gasteiger partial charge in [0, 0.05) is 0 Å². The number of amides is 2. The number of benzene rings is 4. The first-order valence-electron chi connectivity index (χ1n) is 11.4. The Morgan fingerprint density at radius 3 is 2.26 bits per heavy atom. The van der Waals surface area contributed by atoms with Crippen LogP contribution in [0.1, 0.15) is 49.1 Å². The number of carbonyl (C=O) groups is 3. The van der Waals surface area contributed by atoms with E-state index < -0.39 is 5.97 Å². The van der Waals surface area contributed by atoms with E-state index in [4.69, 9.17) is 9.47 Å². The molecule has 6 heteroatoms. The second-order valence-corrected chi connectivity index (χ2v) is 8.22. The molecule has 1 aliphatic heterocycles. The van der Waals surface area contributed by atoms with Crippen molar-refractivity contribution < 1.29 is 23.9 Å². The van der Waals surface area contributed by atoms with Gasteiger partial charge in [0.05, 0.1) is 24.3 Å². The second-order valence-electron chi connectivity index (χ2n) is 8.22. The van der Waals surface area contributed by atoms with E-state index in [-0.39, 0.29) is 30.5 Å². The molecule has 0 unspecified atom stereocenters. The lowest BCUT2D eigenvalue weighted by Crippen LogP contribution is -2.29. The quantitative estimate of drug-likeness (QED) is 0.270. The first kappa shape index (κ1) is 22.3. The lowest BCUT2D eigenvalue weighted by Gasteiger charge is -2.16. The zero-order chi connectivity index (χ0) is 24.4. The summed E-state index contributed by atoms with van der Waals surface area (Å²) >= 11 is 0. The molecular weight excluding hydrogens is 442 g/mol. The molecule has 6 nitrogen and oxygen atoms in total. The van der Waals surface area contributed by atoms with E-state index in [0.29, 0.717) is 29.0 Å². The van der Waals surface area contributed by atoms with Gasteiger partial charge in [-0.25, -0.2) is 4.79 Å². The fourth-order valence-electron chi connectivity index (χ4n) is 4.32. The maximum atomic E-state index is 13.1. The van der Waals surface area contributed by atoms with Crippen LogP contribution in [-0.4, -0.2) is 29.3 Å². The predicted octanol–water partition coefficient (Wildman–Crippen LogP) is 5.39. The molecule has 1 aliphatic rings. The minimum absolute atomic E-state index is 0.0440. The van der Waals surface area contributed by atoms with Crippen LogP contribution in [0.4, 0.5) is 0 Å². The summed E-state index contributed by atoms with van der Waals surface area (Å²) in [6, 6.07) is 25.6. The molecule has 0 spiro atoms. The molecule has 0 atom stereocenters. The van der Waals surface area contributed by atoms with Gasteiger partial charge in [-0.1, -0.05) is 60.7 Å². The number of fused-ring (bicyclic) bond motifs is 2. The Hall–Kier alpha value is -4.45. The zero-order valence-corrected chi connectivity index (χ0v) is 19.2. The number of nitrogens with zero attached hydrogens (tertiary/aromatic N) is 1. The van der Waals surface area contributed by atoms with Crippen LogP contribution in [0.15, 0.2) is 84.9 Å². The van der Waals surface area contributed by atoms with Gasteiger partial charge in [-0.3, -0.25) is 14.5 Å². The molecule has 2 amide bonds. The minimum Gasteiger partial charge on any atom is -0.493 e. The van der Waals surface area contributed by atoms with E-state index >= 15 is 0 Å². The van der Waals surface area contributed by atoms with Crippen molar-refractivity contribution in [3.8, 4) is 5.75 Å². The number of ether oxygens (including phenoxy) is 2. The number of hydrogen-bond acceptors (Lipinski definition) is 5. The molecule has 5 rings (SSSR count). The fourth-order valence-corrected chi connectivity index (χ4v) is 4.32. The lowest BCUT2D eigenvalue weighted by atomic mass is 10.1. The minimum atomic E-state index is -0.536. The van der Waals surface area contributed by atoms with Gasteiger partial charge in [0.2, 0.25) is 0 Å². The van der Waals surface area contributed by atoms with Crippen molar-refractivity contribution in [2.24, 2.45) is 0 Å². The van der Waals surface area contributed by atoms with Gasteiger partial charge in [-0.15, -0.1) is 0 Å². The van der Waals surface area contributed by atoms with Crippen LogP contribution in [0.2, 0.25) is 0 Å². The summed E-state index contributed by atoms with van der Waals surface area (Å²) in [6.07, 6.45) is 0. The summed E-state index contributed by atoms with van der Waals surface area (Å²) in [7, 11) is 0. The number of carbonyl (C=O) groups excluding carboxylic acids is 3. The van der Waals surface area contributed by atoms with Gasteiger partial charge in [-0.05, 0) is 53.1 Å². The average molecular weight is 466 g/mol. The molecular formula is C29H23NO5. The Balaban J connectivity index is 1.38. The molecule has 35 heavy (non-hydrogen) atoms. The molecule has 0 saturated heterocycles. The molecule has 0 bridgehead atoms. The van der Waals surface area contributed by atoms with E-state index in [9.17, 15) is 14.4 Å². The van der Waals surface area contributed by atoms with Crippen molar-refractivity contribution in [2.75, 3.05) is 6.61 Å². The molecule has 0 N–H and O–H groups in total. The van der Waals surface area contributed by atoms with E-state index in [1.54, 1.807) is 42.5 Å². The Labute approximate surface area is 202 Å². The highest BCUT2D eigenvalue weighted by molar-refractivity contribution is 6.21. The van der Waals surface area contributed by atoms with E-state index in [2.05, 4.69) is 0 Å². The van der Waals surface area contributed by atoms with Gasteiger partial charge in [0.15, 0.2) is 0 Å². The largest absolute Gasteiger partial charge is 0.493 e.